The molecule has 1 aliphatic heterocycles. The lowest BCUT2D eigenvalue weighted by molar-refractivity contribution is 0.0725. The van der Waals surface area contributed by atoms with Crippen molar-refractivity contribution >= 4 is 30.1 Å². The molecular weight excluding hydrogens is 303 g/mol. The third kappa shape index (κ3) is 9.83. The van der Waals surface area contributed by atoms with Crippen LogP contribution < -0.4 is 5.32 Å². The van der Waals surface area contributed by atoms with Crippen molar-refractivity contribution in [2.45, 2.75) is 31.4 Å². The van der Waals surface area contributed by atoms with Gasteiger partial charge in [-0.1, -0.05) is 17.7 Å². The van der Waals surface area contributed by atoms with E-state index >= 15 is 0 Å². The van der Waals surface area contributed by atoms with Gasteiger partial charge in [0.1, 0.15) is 0 Å². The van der Waals surface area contributed by atoms with Crippen molar-refractivity contribution in [2.24, 2.45) is 0 Å². The van der Waals surface area contributed by atoms with Gasteiger partial charge in [-0.05, 0) is 31.9 Å². The number of ether oxygens (including phenoxy) is 2. The SMILES string of the molecule is CC(Cl)OC(=O)NC1CCOCC1.Cl.c1ccncc1. The summed E-state index contributed by atoms with van der Waals surface area (Å²) in [6.45, 7) is 2.99. The number of carbonyl (C=O) groups excluding carboxylic acids is 1. The molecule has 1 saturated heterocycles. The Bertz CT molecular complexity index is 320. The Kier molecular flexibility index (Phi) is 11.1. The fraction of sp³-hybridized carbons (Fsp3) is 0.538. The number of amides is 1. The average Bonchev–Trinajstić information content (AvgIpc) is 2.41. The van der Waals surface area contributed by atoms with E-state index < -0.39 is 11.7 Å². The van der Waals surface area contributed by atoms with Crippen LogP contribution in [0, 0.1) is 0 Å². The molecule has 0 aromatic carbocycles. The third-order valence-corrected chi connectivity index (χ3v) is 2.47. The van der Waals surface area contributed by atoms with E-state index in [1.54, 1.807) is 19.3 Å². The number of nitrogens with zero attached hydrogens (tertiary/aromatic N) is 1. The highest BCUT2D eigenvalue weighted by Crippen LogP contribution is 2.06. The summed E-state index contributed by atoms with van der Waals surface area (Å²) in [7, 11) is 0. The molecule has 5 nitrogen and oxygen atoms in total. The molecule has 0 spiro atoms. The molecule has 0 saturated carbocycles. The Labute approximate surface area is 130 Å². The minimum Gasteiger partial charge on any atom is -0.430 e. The quantitative estimate of drug-likeness (QED) is 0.850. The van der Waals surface area contributed by atoms with E-state index in [9.17, 15) is 4.79 Å². The summed E-state index contributed by atoms with van der Waals surface area (Å²) < 4.78 is 9.87. The summed E-state index contributed by atoms with van der Waals surface area (Å²) in [5.41, 5.74) is -0.583. The van der Waals surface area contributed by atoms with Gasteiger partial charge < -0.3 is 14.8 Å². The van der Waals surface area contributed by atoms with Gasteiger partial charge in [0.25, 0.3) is 0 Å². The summed E-state index contributed by atoms with van der Waals surface area (Å²) in [5.74, 6) is 0. The zero-order valence-electron chi connectivity index (χ0n) is 11.3. The number of alkyl halides is 1. The fourth-order valence-electron chi connectivity index (χ4n) is 1.50. The Morgan fingerprint density at radius 2 is 1.95 bits per heavy atom. The first kappa shape index (κ1) is 19.0. The molecule has 2 heterocycles. The van der Waals surface area contributed by atoms with Gasteiger partial charge in [0.15, 0.2) is 5.56 Å². The number of carbonyl (C=O) groups is 1. The molecule has 20 heavy (non-hydrogen) atoms. The number of hydrogen-bond donors (Lipinski definition) is 1. The lowest BCUT2D eigenvalue weighted by atomic mass is 10.1. The van der Waals surface area contributed by atoms with Crippen LogP contribution in [0.25, 0.3) is 0 Å². The number of rotatable bonds is 2. The van der Waals surface area contributed by atoms with Crippen molar-refractivity contribution in [3.63, 3.8) is 0 Å². The van der Waals surface area contributed by atoms with E-state index in [1.807, 2.05) is 18.2 Å². The molecule has 7 heteroatoms. The first-order chi connectivity index (χ1) is 9.18. The van der Waals surface area contributed by atoms with Gasteiger partial charge in [0.2, 0.25) is 0 Å². The Balaban J connectivity index is 0.000000434. The van der Waals surface area contributed by atoms with Gasteiger partial charge in [-0.25, -0.2) is 4.79 Å². The average molecular weight is 323 g/mol. The number of aromatic nitrogens is 1. The summed E-state index contributed by atoms with van der Waals surface area (Å²) in [6.07, 6.45) is 4.73. The minimum absolute atomic E-state index is 0. The highest BCUT2D eigenvalue weighted by atomic mass is 35.5. The second-order valence-electron chi connectivity index (χ2n) is 4.00. The number of alkyl carbamates (subject to hydrolysis) is 1. The lowest BCUT2D eigenvalue weighted by Gasteiger charge is -2.22. The van der Waals surface area contributed by atoms with Crippen molar-refractivity contribution in [1.82, 2.24) is 10.3 Å². The van der Waals surface area contributed by atoms with E-state index in [4.69, 9.17) is 21.1 Å². The maximum Gasteiger partial charge on any atom is 0.408 e. The topological polar surface area (TPSA) is 60.5 Å². The second-order valence-corrected chi connectivity index (χ2v) is 4.62. The van der Waals surface area contributed by atoms with Gasteiger partial charge in [0.05, 0.1) is 0 Å². The van der Waals surface area contributed by atoms with Crippen LogP contribution in [0.5, 0.6) is 0 Å². The van der Waals surface area contributed by atoms with Crippen LogP contribution in [0.2, 0.25) is 0 Å². The van der Waals surface area contributed by atoms with Gasteiger partial charge in [-0.15, -0.1) is 12.4 Å². The van der Waals surface area contributed by atoms with Gasteiger partial charge >= 0.3 is 6.09 Å². The first-order valence-corrected chi connectivity index (χ1v) is 6.66. The van der Waals surface area contributed by atoms with Crippen LogP contribution in [0.15, 0.2) is 30.6 Å². The molecule has 1 amide bonds. The molecule has 1 aliphatic rings. The molecule has 1 aromatic rings. The number of halogens is 2. The van der Waals surface area contributed by atoms with Crippen molar-refractivity contribution in [3.05, 3.63) is 30.6 Å². The standard InChI is InChI=1S/C8H14ClNO3.C5H5N.ClH/c1-6(9)13-8(11)10-7-2-4-12-5-3-7;1-2-4-6-5-3-1;/h6-7H,2-5H2,1H3,(H,10,11);1-5H;1H. The Hall–Kier alpha value is -1.04. The Morgan fingerprint density at radius 1 is 1.35 bits per heavy atom. The molecule has 114 valence electrons. The predicted molar refractivity (Wildman–Crippen MR) is 80.3 cm³/mol. The van der Waals surface area contributed by atoms with Crippen molar-refractivity contribution in [3.8, 4) is 0 Å². The highest BCUT2D eigenvalue weighted by Gasteiger charge is 2.17. The molecule has 1 unspecified atom stereocenters. The van der Waals surface area contributed by atoms with Crippen molar-refractivity contribution < 1.29 is 14.3 Å². The Morgan fingerprint density at radius 3 is 2.35 bits per heavy atom. The molecule has 1 atom stereocenters. The van der Waals surface area contributed by atoms with Gasteiger partial charge in [-0.3, -0.25) is 4.98 Å². The minimum atomic E-state index is -0.583. The molecular formula is C13H20Cl2N2O3. The van der Waals surface area contributed by atoms with E-state index in [0.29, 0.717) is 13.2 Å². The predicted octanol–water partition coefficient (Wildman–Crippen LogP) is 2.98. The van der Waals surface area contributed by atoms with E-state index in [-0.39, 0.29) is 18.4 Å². The largest absolute Gasteiger partial charge is 0.430 e. The normalized spacial score (nSPS) is 15.9. The van der Waals surface area contributed by atoms with Crippen molar-refractivity contribution in [1.29, 1.82) is 0 Å². The molecule has 0 bridgehead atoms. The number of pyridine rings is 1. The van der Waals surface area contributed by atoms with Crippen LogP contribution >= 0.6 is 24.0 Å². The van der Waals surface area contributed by atoms with Crippen LogP contribution in [0.1, 0.15) is 19.8 Å². The highest BCUT2D eigenvalue weighted by molar-refractivity contribution is 6.19. The summed E-state index contributed by atoms with van der Waals surface area (Å²) in [5, 5.41) is 2.72. The van der Waals surface area contributed by atoms with Gasteiger partial charge in [0, 0.05) is 31.6 Å². The fourth-order valence-corrected chi connectivity index (χ4v) is 1.58. The van der Waals surface area contributed by atoms with E-state index in [2.05, 4.69) is 10.3 Å². The zero-order chi connectivity index (χ0) is 13.9. The van der Waals surface area contributed by atoms with Crippen LogP contribution in [-0.4, -0.2) is 35.9 Å². The number of nitrogens with one attached hydrogen (secondary N) is 1. The maximum atomic E-state index is 11.1. The smallest absolute Gasteiger partial charge is 0.408 e. The lowest BCUT2D eigenvalue weighted by Crippen LogP contribution is -2.39. The molecule has 0 aliphatic carbocycles. The molecule has 0 radical (unpaired) electrons. The van der Waals surface area contributed by atoms with E-state index in [0.717, 1.165) is 12.8 Å². The maximum absolute atomic E-state index is 11.1. The molecule has 1 fully saturated rings. The van der Waals surface area contributed by atoms with Crippen molar-refractivity contribution in [2.75, 3.05) is 13.2 Å². The van der Waals surface area contributed by atoms with E-state index in [1.165, 1.54) is 0 Å². The second kappa shape index (κ2) is 11.8. The third-order valence-electron chi connectivity index (χ3n) is 2.38. The summed E-state index contributed by atoms with van der Waals surface area (Å²) in [6, 6.07) is 5.88. The zero-order valence-corrected chi connectivity index (χ0v) is 12.9. The van der Waals surface area contributed by atoms with Crippen LogP contribution in [0.3, 0.4) is 0 Å². The summed E-state index contributed by atoms with van der Waals surface area (Å²) >= 11 is 5.48. The van der Waals surface area contributed by atoms with Crippen LogP contribution in [0.4, 0.5) is 4.79 Å². The monoisotopic (exact) mass is 322 g/mol. The molecule has 1 aromatic heterocycles. The van der Waals surface area contributed by atoms with Crippen LogP contribution in [-0.2, 0) is 9.47 Å². The molecule has 2 rings (SSSR count). The summed E-state index contributed by atoms with van der Waals surface area (Å²) in [4.78, 5) is 14.8. The molecule has 1 N–H and O–H groups in total. The number of hydrogen-bond acceptors (Lipinski definition) is 4. The first-order valence-electron chi connectivity index (χ1n) is 6.22. The van der Waals surface area contributed by atoms with Gasteiger partial charge in [-0.2, -0.15) is 0 Å².